The summed E-state index contributed by atoms with van der Waals surface area (Å²) >= 11 is 0. The number of nitrogens with zero attached hydrogens (tertiary/aromatic N) is 3. The minimum absolute atomic E-state index is 0.414. The Bertz CT molecular complexity index is 852. The summed E-state index contributed by atoms with van der Waals surface area (Å²) in [6.07, 6.45) is 1.82. The third-order valence-corrected chi connectivity index (χ3v) is 4.19. The van der Waals surface area contributed by atoms with E-state index in [0.29, 0.717) is 25.3 Å². The first kappa shape index (κ1) is 18.4. The summed E-state index contributed by atoms with van der Waals surface area (Å²) in [7, 11) is 2.00. The minimum Gasteiger partial charge on any atom is -0.379 e. The fourth-order valence-corrected chi connectivity index (χ4v) is 2.80. The summed E-state index contributed by atoms with van der Waals surface area (Å²) in [6.45, 7) is 3.09. The monoisotopic (exact) mass is 363 g/mol. The molecule has 0 bridgehead atoms. The Hall–Kier alpha value is -2.38. The van der Waals surface area contributed by atoms with Crippen molar-refractivity contribution < 1.29 is 17.9 Å². The van der Waals surface area contributed by atoms with Crippen molar-refractivity contribution in [1.82, 2.24) is 14.5 Å². The Morgan fingerprint density at radius 2 is 1.69 bits per heavy atom. The van der Waals surface area contributed by atoms with Gasteiger partial charge in [0.05, 0.1) is 30.6 Å². The van der Waals surface area contributed by atoms with Gasteiger partial charge in [0.1, 0.15) is 0 Å². The maximum atomic E-state index is 12.9. The summed E-state index contributed by atoms with van der Waals surface area (Å²) < 4.78 is 45.7. The van der Waals surface area contributed by atoms with E-state index >= 15 is 0 Å². The number of benzene rings is 2. The summed E-state index contributed by atoms with van der Waals surface area (Å²) in [5, 5.41) is 0. The van der Waals surface area contributed by atoms with E-state index in [9.17, 15) is 13.2 Å². The second-order valence-electron chi connectivity index (χ2n) is 6.11. The Morgan fingerprint density at radius 3 is 2.35 bits per heavy atom. The van der Waals surface area contributed by atoms with Gasteiger partial charge in [-0.25, -0.2) is 18.2 Å². The van der Waals surface area contributed by atoms with Crippen LogP contribution in [0.4, 0.5) is 13.2 Å². The number of imidazole rings is 1. The van der Waals surface area contributed by atoms with E-state index in [2.05, 4.69) is 11.1 Å². The molecule has 1 aliphatic rings. The van der Waals surface area contributed by atoms with E-state index in [1.807, 2.05) is 41.0 Å². The van der Waals surface area contributed by atoms with Gasteiger partial charge in [-0.2, -0.15) is 0 Å². The molecule has 0 N–H and O–H groups in total. The van der Waals surface area contributed by atoms with Gasteiger partial charge in [-0.05, 0) is 29.8 Å². The molecular formula is C19H20F3N3O. The largest absolute Gasteiger partial charge is 0.379 e. The second-order valence-corrected chi connectivity index (χ2v) is 6.11. The molecule has 3 aromatic rings. The van der Waals surface area contributed by atoms with Crippen molar-refractivity contribution in [3.05, 3.63) is 65.7 Å². The van der Waals surface area contributed by atoms with Crippen LogP contribution < -0.4 is 0 Å². The fraction of sp³-hybridized carbons (Fsp3) is 0.316. The molecule has 0 saturated carbocycles. The molecular weight excluding hydrogens is 343 g/mol. The zero-order valence-corrected chi connectivity index (χ0v) is 14.5. The summed E-state index contributed by atoms with van der Waals surface area (Å²) in [5.74, 6) is -3.68. The van der Waals surface area contributed by atoms with Gasteiger partial charge in [0, 0.05) is 26.7 Å². The molecule has 0 radical (unpaired) electrons. The Kier molecular flexibility index (Phi) is 5.90. The van der Waals surface area contributed by atoms with Crippen molar-refractivity contribution in [1.29, 1.82) is 0 Å². The predicted octanol–water partition coefficient (Wildman–Crippen LogP) is 3.51. The molecule has 138 valence electrons. The quantitative estimate of drug-likeness (QED) is 0.653. The molecule has 4 nitrogen and oxygen atoms in total. The van der Waals surface area contributed by atoms with Gasteiger partial charge in [0.15, 0.2) is 17.5 Å². The molecule has 1 aliphatic heterocycles. The first-order valence-electron chi connectivity index (χ1n) is 8.34. The molecule has 2 aromatic carbocycles. The maximum absolute atomic E-state index is 12.9. The average Bonchev–Trinajstić information content (AvgIpc) is 3.03. The van der Waals surface area contributed by atoms with Crippen LogP contribution in [-0.2, 0) is 18.3 Å². The third-order valence-electron chi connectivity index (χ3n) is 4.19. The van der Waals surface area contributed by atoms with Crippen LogP contribution in [0.1, 0.15) is 5.56 Å². The normalized spacial score (nSPS) is 14.9. The smallest absolute Gasteiger partial charge is 0.194 e. The highest BCUT2D eigenvalue weighted by Gasteiger charge is 2.14. The van der Waals surface area contributed by atoms with Gasteiger partial charge in [-0.1, -0.05) is 12.1 Å². The first-order chi connectivity index (χ1) is 12.5. The van der Waals surface area contributed by atoms with Crippen LogP contribution in [0.25, 0.3) is 11.0 Å². The number of halogens is 3. The average molecular weight is 363 g/mol. The topological polar surface area (TPSA) is 30.3 Å². The molecule has 0 aliphatic carbocycles. The number of rotatable bonds is 2. The van der Waals surface area contributed by atoms with E-state index in [1.54, 1.807) is 0 Å². The van der Waals surface area contributed by atoms with Gasteiger partial charge in [0.25, 0.3) is 0 Å². The van der Waals surface area contributed by atoms with Crippen LogP contribution in [-0.4, -0.2) is 40.8 Å². The van der Waals surface area contributed by atoms with Crippen molar-refractivity contribution >= 4 is 11.0 Å². The summed E-state index contributed by atoms with van der Waals surface area (Å²) in [4.78, 5) is 6.19. The van der Waals surface area contributed by atoms with Crippen LogP contribution in [0, 0.1) is 17.5 Å². The summed E-state index contributed by atoms with van der Waals surface area (Å²) in [5.41, 5.74) is 2.69. The highest BCUT2D eigenvalue weighted by molar-refractivity contribution is 5.74. The number of hydrogen-bond donors (Lipinski definition) is 0. The number of aromatic nitrogens is 2. The molecule has 0 amide bonds. The molecule has 1 aromatic heterocycles. The van der Waals surface area contributed by atoms with E-state index in [-0.39, 0.29) is 0 Å². The number of morpholine rings is 1. The molecule has 4 rings (SSSR count). The molecule has 1 saturated heterocycles. The van der Waals surface area contributed by atoms with E-state index in [1.165, 1.54) is 5.52 Å². The van der Waals surface area contributed by atoms with Crippen molar-refractivity contribution in [3.63, 3.8) is 0 Å². The minimum atomic E-state index is -1.41. The number of ether oxygens (including phenoxy) is 1. The molecule has 1 fully saturated rings. The Balaban J connectivity index is 0.000000167. The number of para-hydroxylation sites is 2. The molecule has 0 atom stereocenters. The van der Waals surface area contributed by atoms with Crippen LogP contribution in [0.5, 0.6) is 0 Å². The zero-order valence-electron chi connectivity index (χ0n) is 14.5. The lowest BCUT2D eigenvalue weighted by molar-refractivity contribution is 0.0341. The van der Waals surface area contributed by atoms with Crippen LogP contribution in [0.15, 0.2) is 42.7 Å². The van der Waals surface area contributed by atoms with Gasteiger partial charge in [-0.15, -0.1) is 0 Å². The standard InChI is InChI=1S/C11H12F3NO.C8H8N2/c12-9-5-8(6-10(13)11(9)14)7-15-1-3-16-4-2-15;1-10-6-9-7-4-2-3-5-8(7)10/h5-6H,1-4,7H2;2-6H,1H3. The third kappa shape index (κ3) is 4.42. The van der Waals surface area contributed by atoms with E-state index < -0.39 is 17.5 Å². The van der Waals surface area contributed by atoms with Gasteiger partial charge < -0.3 is 9.30 Å². The maximum Gasteiger partial charge on any atom is 0.194 e. The Morgan fingerprint density at radius 1 is 1.04 bits per heavy atom. The van der Waals surface area contributed by atoms with Crippen LogP contribution in [0.3, 0.4) is 0 Å². The summed E-state index contributed by atoms with van der Waals surface area (Å²) in [6, 6.07) is 10.2. The van der Waals surface area contributed by atoms with E-state index in [0.717, 1.165) is 30.7 Å². The van der Waals surface area contributed by atoms with E-state index in [4.69, 9.17) is 4.74 Å². The van der Waals surface area contributed by atoms with Crippen molar-refractivity contribution in [2.45, 2.75) is 6.54 Å². The van der Waals surface area contributed by atoms with Crippen molar-refractivity contribution in [2.24, 2.45) is 7.05 Å². The van der Waals surface area contributed by atoms with Crippen LogP contribution >= 0.6 is 0 Å². The number of hydrogen-bond acceptors (Lipinski definition) is 3. The predicted molar refractivity (Wildman–Crippen MR) is 93.1 cm³/mol. The highest BCUT2D eigenvalue weighted by atomic mass is 19.2. The molecule has 0 spiro atoms. The molecule has 26 heavy (non-hydrogen) atoms. The van der Waals surface area contributed by atoms with Crippen molar-refractivity contribution in [2.75, 3.05) is 26.3 Å². The number of aryl methyl sites for hydroxylation is 1. The fourth-order valence-electron chi connectivity index (χ4n) is 2.80. The van der Waals surface area contributed by atoms with Gasteiger partial charge in [-0.3, -0.25) is 4.90 Å². The lowest BCUT2D eigenvalue weighted by Gasteiger charge is -2.26. The first-order valence-corrected chi connectivity index (χ1v) is 8.34. The Labute approximate surface area is 149 Å². The SMILES string of the molecule is Cn1cnc2ccccc21.Fc1cc(CN2CCOCC2)cc(F)c1F. The molecule has 7 heteroatoms. The molecule has 0 unspecified atom stereocenters. The number of fused-ring (bicyclic) bond motifs is 1. The van der Waals surface area contributed by atoms with Crippen molar-refractivity contribution in [3.8, 4) is 0 Å². The zero-order chi connectivity index (χ0) is 18.5. The van der Waals surface area contributed by atoms with Crippen LogP contribution in [0.2, 0.25) is 0 Å². The lowest BCUT2D eigenvalue weighted by Crippen LogP contribution is -2.35. The highest BCUT2D eigenvalue weighted by Crippen LogP contribution is 2.15. The molecule has 2 heterocycles. The lowest BCUT2D eigenvalue weighted by atomic mass is 10.2. The van der Waals surface area contributed by atoms with Gasteiger partial charge in [0.2, 0.25) is 0 Å². The van der Waals surface area contributed by atoms with Gasteiger partial charge >= 0.3 is 0 Å². The second kappa shape index (κ2) is 8.33.